The first-order valence-electron chi connectivity index (χ1n) is 11.0. The second-order valence-corrected chi connectivity index (χ2v) is 8.34. The van der Waals surface area contributed by atoms with E-state index in [4.69, 9.17) is 4.74 Å². The van der Waals surface area contributed by atoms with Gasteiger partial charge in [0.1, 0.15) is 11.9 Å². The van der Waals surface area contributed by atoms with E-state index in [-0.39, 0.29) is 17.5 Å². The maximum atomic E-state index is 13.2. The Labute approximate surface area is 198 Å². The molecule has 2 N–H and O–H groups in total. The lowest BCUT2D eigenvalue weighted by Gasteiger charge is -2.16. The molecule has 4 rings (SSSR count). The lowest BCUT2D eigenvalue weighted by Crippen LogP contribution is -2.20. The largest absolute Gasteiger partial charge is 0.508 e. The van der Waals surface area contributed by atoms with Crippen molar-refractivity contribution in [3.05, 3.63) is 88.0 Å². The number of hydrogen-bond acceptors (Lipinski definition) is 6. The number of methoxy groups -OCH3 is 1. The van der Waals surface area contributed by atoms with Gasteiger partial charge in [-0.3, -0.25) is 9.78 Å². The Balaban J connectivity index is 1.68. The number of aliphatic imine (C=N–C) groups is 1. The van der Waals surface area contributed by atoms with Gasteiger partial charge < -0.3 is 19.7 Å². The van der Waals surface area contributed by atoms with Crippen LogP contribution in [0.5, 0.6) is 5.75 Å². The van der Waals surface area contributed by atoms with E-state index in [1.165, 1.54) is 0 Å². The van der Waals surface area contributed by atoms with Gasteiger partial charge in [-0.1, -0.05) is 6.07 Å². The van der Waals surface area contributed by atoms with Gasteiger partial charge in [-0.2, -0.15) is 0 Å². The summed E-state index contributed by atoms with van der Waals surface area (Å²) in [4.78, 5) is 22.2. The number of anilines is 1. The Morgan fingerprint density at radius 3 is 2.53 bits per heavy atom. The molecule has 0 aliphatic heterocycles. The number of nitrogens with one attached hydrogen (secondary N) is 1. The van der Waals surface area contributed by atoms with Gasteiger partial charge in [-0.15, -0.1) is 0 Å². The van der Waals surface area contributed by atoms with Crippen LogP contribution >= 0.6 is 0 Å². The molecule has 0 spiro atoms. The molecule has 7 nitrogen and oxygen atoms in total. The number of aryl methyl sites for hydroxylation is 3. The number of nitrogens with zero attached hydrogens (tertiary/aromatic N) is 3. The number of ether oxygens (including phenoxy) is 1. The Bertz CT molecular complexity index is 1440. The van der Waals surface area contributed by atoms with Crippen molar-refractivity contribution < 1.29 is 9.84 Å². The van der Waals surface area contributed by atoms with Crippen molar-refractivity contribution in [2.75, 3.05) is 12.4 Å². The standard InChI is InChI=1S/C27H28N4O3/c1-16-6-9-21(29-18(3)30-26(34-5)19-7-10-22(32)11-8-19)14-23(16)24-13-20-15-28-17(2)12-25(20)31(4)27(24)33/h6-15,18,29,32H,1-5H3/b30-26-. The topological polar surface area (TPSA) is 88.7 Å². The molecule has 34 heavy (non-hydrogen) atoms. The molecule has 0 amide bonds. The Kier molecular flexibility index (Phi) is 6.36. The fourth-order valence-electron chi connectivity index (χ4n) is 3.96. The fourth-order valence-corrected chi connectivity index (χ4v) is 3.96. The van der Waals surface area contributed by atoms with Crippen LogP contribution in [0.25, 0.3) is 22.0 Å². The minimum atomic E-state index is -0.300. The summed E-state index contributed by atoms with van der Waals surface area (Å²) >= 11 is 0. The van der Waals surface area contributed by atoms with Crippen LogP contribution in [0.4, 0.5) is 5.69 Å². The van der Waals surface area contributed by atoms with Crippen LogP contribution in [0.3, 0.4) is 0 Å². The molecule has 0 bridgehead atoms. The van der Waals surface area contributed by atoms with Gasteiger partial charge in [0.25, 0.3) is 5.56 Å². The number of aromatic hydroxyl groups is 1. The molecule has 2 aromatic carbocycles. The smallest absolute Gasteiger partial charge is 0.258 e. The average Bonchev–Trinajstić information content (AvgIpc) is 2.82. The normalized spacial score (nSPS) is 12.6. The third-order valence-corrected chi connectivity index (χ3v) is 5.77. The van der Waals surface area contributed by atoms with Crippen LogP contribution in [0, 0.1) is 13.8 Å². The predicted molar refractivity (Wildman–Crippen MR) is 137 cm³/mol. The summed E-state index contributed by atoms with van der Waals surface area (Å²) in [6.45, 7) is 5.82. The highest BCUT2D eigenvalue weighted by Crippen LogP contribution is 2.27. The maximum absolute atomic E-state index is 13.2. The highest BCUT2D eigenvalue weighted by Gasteiger charge is 2.13. The van der Waals surface area contributed by atoms with Crippen LogP contribution < -0.4 is 10.9 Å². The minimum absolute atomic E-state index is 0.0570. The summed E-state index contributed by atoms with van der Waals surface area (Å²) in [6.07, 6.45) is 1.50. The molecule has 0 aliphatic carbocycles. The molecule has 7 heteroatoms. The van der Waals surface area contributed by atoms with Gasteiger partial charge in [-0.05, 0) is 80.4 Å². The van der Waals surface area contributed by atoms with Crippen molar-refractivity contribution >= 4 is 22.5 Å². The van der Waals surface area contributed by atoms with Crippen molar-refractivity contribution in [2.24, 2.45) is 12.0 Å². The summed E-state index contributed by atoms with van der Waals surface area (Å²) in [7, 11) is 3.35. The predicted octanol–water partition coefficient (Wildman–Crippen LogP) is 4.77. The van der Waals surface area contributed by atoms with E-state index < -0.39 is 0 Å². The van der Waals surface area contributed by atoms with Crippen molar-refractivity contribution in [1.29, 1.82) is 0 Å². The average molecular weight is 457 g/mol. The molecular weight excluding hydrogens is 428 g/mol. The molecular formula is C27H28N4O3. The van der Waals surface area contributed by atoms with Crippen LogP contribution in [0.15, 0.2) is 70.6 Å². The van der Waals surface area contributed by atoms with E-state index in [1.54, 1.807) is 49.2 Å². The lowest BCUT2D eigenvalue weighted by atomic mass is 9.99. The number of pyridine rings is 2. The van der Waals surface area contributed by atoms with Gasteiger partial charge in [0.15, 0.2) is 0 Å². The molecule has 0 radical (unpaired) electrons. The van der Waals surface area contributed by atoms with Crippen LogP contribution in [-0.2, 0) is 11.8 Å². The van der Waals surface area contributed by atoms with E-state index in [0.29, 0.717) is 11.5 Å². The molecule has 0 aliphatic rings. The van der Waals surface area contributed by atoms with Crippen LogP contribution in [0.1, 0.15) is 23.7 Å². The van der Waals surface area contributed by atoms with Crippen molar-refractivity contribution in [3.8, 4) is 16.9 Å². The first kappa shape index (κ1) is 23.0. The van der Waals surface area contributed by atoms with Gasteiger partial charge >= 0.3 is 0 Å². The van der Waals surface area contributed by atoms with Gasteiger partial charge in [0.05, 0.1) is 12.6 Å². The number of benzene rings is 2. The van der Waals surface area contributed by atoms with E-state index >= 15 is 0 Å². The molecule has 0 saturated carbocycles. The monoisotopic (exact) mass is 456 g/mol. The zero-order valence-electron chi connectivity index (χ0n) is 20.0. The summed E-state index contributed by atoms with van der Waals surface area (Å²) in [5, 5.41) is 13.8. The minimum Gasteiger partial charge on any atom is -0.508 e. The van der Waals surface area contributed by atoms with Crippen molar-refractivity contribution in [1.82, 2.24) is 9.55 Å². The Morgan fingerprint density at radius 1 is 1.09 bits per heavy atom. The summed E-state index contributed by atoms with van der Waals surface area (Å²) in [6, 6.07) is 16.4. The number of aromatic nitrogens is 2. The molecule has 0 fully saturated rings. The number of rotatable bonds is 5. The van der Waals surface area contributed by atoms with Gasteiger partial charge in [0.2, 0.25) is 5.90 Å². The van der Waals surface area contributed by atoms with E-state index in [9.17, 15) is 9.90 Å². The SMILES string of the molecule is CO/C(=N\C(C)Nc1ccc(C)c(-c2cc3cnc(C)cc3n(C)c2=O)c1)c1ccc(O)cc1. The van der Waals surface area contributed by atoms with E-state index in [2.05, 4.69) is 15.3 Å². The number of phenolic OH excluding ortho intramolecular Hbond substituents is 1. The second-order valence-electron chi connectivity index (χ2n) is 8.34. The Hall–Kier alpha value is -4.13. The number of fused-ring (bicyclic) bond motifs is 1. The summed E-state index contributed by atoms with van der Waals surface area (Å²) < 4.78 is 7.13. The Morgan fingerprint density at radius 2 is 1.82 bits per heavy atom. The highest BCUT2D eigenvalue weighted by molar-refractivity contribution is 5.94. The molecule has 174 valence electrons. The molecule has 1 unspecified atom stereocenters. The van der Waals surface area contributed by atoms with E-state index in [1.807, 2.05) is 51.1 Å². The molecule has 4 aromatic rings. The number of phenols is 1. The molecule has 2 heterocycles. The molecule has 2 aromatic heterocycles. The fraction of sp³-hybridized carbons (Fsp3) is 0.222. The second kappa shape index (κ2) is 9.39. The highest BCUT2D eigenvalue weighted by atomic mass is 16.5. The van der Waals surface area contributed by atoms with Crippen molar-refractivity contribution in [3.63, 3.8) is 0 Å². The van der Waals surface area contributed by atoms with Gasteiger partial charge in [0, 0.05) is 41.1 Å². The first-order chi connectivity index (χ1) is 16.3. The number of hydrogen-bond donors (Lipinski definition) is 2. The quantitative estimate of drug-likeness (QED) is 0.333. The third-order valence-electron chi connectivity index (χ3n) is 5.77. The zero-order chi connectivity index (χ0) is 24.4. The van der Waals surface area contributed by atoms with Gasteiger partial charge in [-0.25, -0.2) is 4.99 Å². The molecule has 0 saturated heterocycles. The van der Waals surface area contributed by atoms with Crippen molar-refractivity contribution in [2.45, 2.75) is 26.9 Å². The summed E-state index contributed by atoms with van der Waals surface area (Å²) in [5.74, 6) is 0.641. The van der Waals surface area contributed by atoms with E-state index in [0.717, 1.165) is 39.0 Å². The first-order valence-corrected chi connectivity index (χ1v) is 11.0. The van der Waals surface area contributed by atoms with Crippen LogP contribution in [0.2, 0.25) is 0 Å². The zero-order valence-corrected chi connectivity index (χ0v) is 20.0. The lowest BCUT2D eigenvalue weighted by molar-refractivity contribution is 0.400. The molecule has 1 atom stereocenters. The van der Waals surface area contributed by atoms with Crippen LogP contribution in [-0.4, -0.2) is 33.8 Å². The third kappa shape index (κ3) is 4.64. The maximum Gasteiger partial charge on any atom is 0.258 e. The summed E-state index contributed by atoms with van der Waals surface area (Å²) in [5.41, 5.74) is 5.75.